The fourth-order valence-corrected chi connectivity index (χ4v) is 2.94. The third-order valence-electron chi connectivity index (χ3n) is 4.57. The van der Waals surface area contributed by atoms with Crippen molar-refractivity contribution in [1.82, 2.24) is 10.6 Å². The van der Waals surface area contributed by atoms with Gasteiger partial charge in [-0.1, -0.05) is 12.1 Å². The molecule has 2 aromatic carbocycles. The van der Waals surface area contributed by atoms with Crippen LogP contribution in [0.15, 0.2) is 53.5 Å². The second-order valence-corrected chi connectivity index (χ2v) is 7.02. The SMILES string of the molecule is CC(=O)NCc1ccc(C(=O)NC(=NC[C@@H]2CCCO2)Nc2ccc(F)cc2)cc1. The summed E-state index contributed by atoms with van der Waals surface area (Å²) in [6, 6.07) is 12.7. The Labute approximate surface area is 174 Å². The van der Waals surface area contributed by atoms with E-state index in [9.17, 15) is 14.0 Å². The first-order valence-corrected chi connectivity index (χ1v) is 9.83. The summed E-state index contributed by atoms with van der Waals surface area (Å²) in [4.78, 5) is 28.2. The van der Waals surface area contributed by atoms with Crippen molar-refractivity contribution in [3.63, 3.8) is 0 Å². The fraction of sp³-hybridized carbons (Fsp3) is 0.318. The third kappa shape index (κ3) is 6.66. The van der Waals surface area contributed by atoms with Gasteiger partial charge in [0.2, 0.25) is 11.9 Å². The van der Waals surface area contributed by atoms with E-state index in [0.29, 0.717) is 24.3 Å². The van der Waals surface area contributed by atoms with Gasteiger partial charge in [-0.25, -0.2) is 9.38 Å². The van der Waals surface area contributed by atoms with Gasteiger partial charge in [-0.2, -0.15) is 0 Å². The number of carbonyl (C=O) groups is 2. The Balaban J connectivity index is 1.67. The lowest BCUT2D eigenvalue weighted by Gasteiger charge is -2.13. The monoisotopic (exact) mass is 412 g/mol. The standard InChI is InChI=1S/C22H25FN4O3/c1-15(28)24-13-16-4-6-17(7-5-16)21(29)27-22(25-14-20-3-2-12-30-20)26-19-10-8-18(23)9-11-19/h4-11,20H,2-3,12-14H2,1H3,(H,24,28)(H2,25,26,27,29)/t20-/m0/s1. The van der Waals surface area contributed by atoms with E-state index >= 15 is 0 Å². The van der Waals surface area contributed by atoms with Crippen LogP contribution in [0.25, 0.3) is 0 Å². The lowest BCUT2D eigenvalue weighted by molar-refractivity contribution is -0.119. The highest BCUT2D eigenvalue weighted by Crippen LogP contribution is 2.13. The number of nitrogens with one attached hydrogen (secondary N) is 3. The second kappa shape index (κ2) is 10.5. The quantitative estimate of drug-likeness (QED) is 0.503. The molecule has 2 amide bonds. The van der Waals surface area contributed by atoms with Gasteiger partial charge in [0.05, 0.1) is 12.6 Å². The van der Waals surface area contributed by atoms with Crippen molar-refractivity contribution >= 4 is 23.5 Å². The molecule has 0 aliphatic carbocycles. The Hall–Kier alpha value is -3.26. The topological polar surface area (TPSA) is 91.8 Å². The average Bonchev–Trinajstić information content (AvgIpc) is 3.26. The maximum atomic E-state index is 13.2. The molecule has 0 spiro atoms. The van der Waals surface area contributed by atoms with Crippen molar-refractivity contribution in [1.29, 1.82) is 0 Å². The molecule has 3 rings (SSSR count). The zero-order valence-corrected chi connectivity index (χ0v) is 16.8. The normalized spacial score (nSPS) is 16.2. The minimum absolute atomic E-state index is 0.0278. The van der Waals surface area contributed by atoms with E-state index in [-0.39, 0.29) is 29.7 Å². The lowest BCUT2D eigenvalue weighted by Crippen LogP contribution is -2.36. The van der Waals surface area contributed by atoms with Crippen LogP contribution in [0, 0.1) is 5.82 Å². The highest BCUT2D eigenvalue weighted by molar-refractivity contribution is 6.09. The average molecular weight is 412 g/mol. The molecular formula is C22H25FN4O3. The van der Waals surface area contributed by atoms with Crippen LogP contribution in [0.3, 0.4) is 0 Å². The van der Waals surface area contributed by atoms with Crippen LogP contribution >= 0.6 is 0 Å². The summed E-state index contributed by atoms with van der Waals surface area (Å²) >= 11 is 0. The summed E-state index contributed by atoms with van der Waals surface area (Å²) in [5, 5.41) is 8.50. The zero-order valence-electron chi connectivity index (χ0n) is 16.8. The molecule has 1 saturated heterocycles. The molecule has 8 heteroatoms. The molecule has 2 aromatic rings. The Morgan fingerprint density at radius 1 is 1.13 bits per heavy atom. The molecule has 30 heavy (non-hydrogen) atoms. The minimum atomic E-state index is -0.346. The number of halogens is 1. The molecule has 1 aliphatic rings. The van der Waals surface area contributed by atoms with E-state index in [2.05, 4.69) is 20.9 Å². The van der Waals surface area contributed by atoms with Gasteiger partial charge in [-0.3, -0.25) is 14.9 Å². The van der Waals surface area contributed by atoms with Crippen molar-refractivity contribution in [2.24, 2.45) is 4.99 Å². The van der Waals surface area contributed by atoms with Gasteiger partial charge >= 0.3 is 0 Å². The molecule has 1 aliphatic heterocycles. The van der Waals surface area contributed by atoms with Gasteiger partial charge < -0.3 is 15.4 Å². The molecule has 158 valence electrons. The van der Waals surface area contributed by atoms with Crippen LogP contribution in [0.1, 0.15) is 35.7 Å². The first-order chi connectivity index (χ1) is 14.5. The number of guanidine groups is 1. The van der Waals surface area contributed by atoms with Gasteiger partial charge in [0.25, 0.3) is 5.91 Å². The van der Waals surface area contributed by atoms with Gasteiger partial charge in [0.15, 0.2) is 0 Å². The smallest absolute Gasteiger partial charge is 0.257 e. The Kier molecular flexibility index (Phi) is 7.51. The Bertz CT molecular complexity index is 892. The van der Waals surface area contributed by atoms with Crippen LogP contribution in [-0.4, -0.2) is 37.0 Å². The van der Waals surface area contributed by atoms with E-state index in [4.69, 9.17) is 4.74 Å². The number of hydrogen-bond acceptors (Lipinski definition) is 4. The summed E-state index contributed by atoms with van der Waals surface area (Å²) < 4.78 is 18.8. The Morgan fingerprint density at radius 2 is 1.87 bits per heavy atom. The largest absolute Gasteiger partial charge is 0.376 e. The van der Waals surface area contributed by atoms with Crippen molar-refractivity contribution in [3.8, 4) is 0 Å². The highest BCUT2D eigenvalue weighted by Gasteiger charge is 2.16. The Morgan fingerprint density at radius 3 is 2.50 bits per heavy atom. The number of aliphatic imine (C=N–C) groups is 1. The van der Waals surface area contributed by atoms with Crippen molar-refractivity contribution in [2.45, 2.75) is 32.4 Å². The van der Waals surface area contributed by atoms with Gasteiger partial charge in [-0.15, -0.1) is 0 Å². The molecule has 0 unspecified atom stereocenters. The van der Waals surface area contributed by atoms with Crippen molar-refractivity contribution in [3.05, 3.63) is 65.5 Å². The molecular weight excluding hydrogens is 387 g/mol. The maximum absolute atomic E-state index is 13.2. The third-order valence-corrected chi connectivity index (χ3v) is 4.57. The van der Waals surface area contributed by atoms with Crippen LogP contribution < -0.4 is 16.0 Å². The fourth-order valence-electron chi connectivity index (χ4n) is 2.94. The molecule has 1 fully saturated rings. The predicted octanol–water partition coefficient (Wildman–Crippen LogP) is 2.84. The van der Waals surface area contributed by atoms with Crippen molar-refractivity contribution in [2.75, 3.05) is 18.5 Å². The van der Waals surface area contributed by atoms with Gasteiger partial charge in [0, 0.05) is 31.3 Å². The van der Waals surface area contributed by atoms with E-state index in [1.165, 1.54) is 19.1 Å². The molecule has 3 N–H and O–H groups in total. The summed E-state index contributed by atoms with van der Waals surface area (Å²) in [5.41, 5.74) is 1.94. The van der Waals surface area contributed by atoms with E-state index in [1.54, 1.807) is 36.4 Å². The van der Waals surface area contributed by atoms with E-state index in [1.807, 2.05) is 0 Å². The maximum Gasteiger partial charge on any atom is 0.257 e. The van der Waals surface area contributed by atoms with Gasteiger partial charge in [0.1, 0.15) is 5.82 Å². The molecule has 0 aromatic heterocycles. The molecule has 0 radical (unpaired) electrons. The van der Waals surface area contributed by atoms with E-state index in [0.717, 1.165) is 25.0 Å². The van der Waals surface area contributed by atoms with Crippen LogP contribution in [-0.2, 0) is 16.1 Å². The number of rotatable bonds is 6. The number of nitrogens with zero attached hydrogens (tertiary/aromatic N) is 1. The summed E-state index contributed by atoms with van der Waals surface area (Å²) in [7, 11) is 0. The number of carbonyl (C=O) groups excluding carboxylic acids is 2. The minimum Gasteiger partial charge on any atom is -0.376 e. The number of ether oxygens (including phenoxy) is 1. The summed E-state index contributed by atoms with van der Waals surface area (Å²) in [6.07, 6.45) is 1.95. The number of hydrogen-bond donors (Lipinski definition) is 3. The lowest BCUT2D eigenvalue weighted by atomic mass is 10.1. The van der Waals surface area contributed by atoms with E-state index < -0.39 is 0 Å². The van der Waals surface area contributed by atoms with Crippen molar-refractivity contribution < 1.29 is 18.7 Å². The second-order valence-electron chi connectivity index (χ2n) is 7.02. The van der Waals surface area contributed by atoms with Crippen LogP contribution in [0.4, 0.5) is 10.1 Å². The molecule has 0 saturated carbocycles. The number of benzene rings is 2. The highest BCUT2D eigenvalue weighted by atomic mass is 19.1. The summed E-state index contributed by atoms with van der Waals surface area (Å²) in [6.45, 7) is 2.99. The number of anilines is 1. The molecule has 1 heterocycles. The number of amides is 2. The summed E-state index contributed by atoms with van der Waals surface area (Å²) in [5.74, 6) is -0.524. The zero-order chi connectivity index (χ0) is 21.3. The predicted molar refractivity (Wildman–Crippen MR) is 113 cm³/mol. The first-order valence-electron chi connectivity index (χ1n) is 9.83. The van der Waals surface area contributed by atoms with Crippen LogP contribution in [0.2, 0.25) is 0 Å². The molecule has 7 nitrogen and oxygen atoms in total. The molecule has 1 atom stereocenters. The first kappa shape index (κ1) is 21.4. The van der Waals surface area contributed by atoms with Gasteiger partial charge in [-0.05, 0) is 54.8 Å². The molecule has 0 bridgehead atoms. The van der Waals surface area contributed by atoms with Crippen LogP contribution in [0.5, 0.6) is 0 Å².